The molecule has 2 fully saturated rings. The molecule has 138 valence electrons. The van der Waals surface area contributed by atoms with Crippen LogP contribution in [0.5, 0.6) is 5.75 Å². The molecule has 10 heteroatoms. The van der Waals surface area contributed by atoms with Crippen molar-refractivity contribution in [2.75, 3.05) is 19.0 Å². The molecular formula is C16H18N4O6. The zero-order chi connectivity index (χ0) is 19.1. The maximum atomic E-state index is 12.5. The lowest BCUT2D eigenvalue weighted by Gasteiger charge is -2.20. The van der Waals surface area contributed by atoms with Crippen molar-refractivity contribution in [1.29, 1.82) is 0 Å². The number of nitrogens with one attached hydrogen (secondary N) is 2. The summed E-state index contributed by atoms with van der Waals surface area (Å²) >= 11 is 0. The quantitative estimate of drug-likeness (QED) is 0.445. The van der Waals surface area contributed by atoms with E-state index in [2.05, 4.69) is 10.6 Å². The minimum atomic E-state index is -0.983. The van der Waals surface area contributed by atoms with Gasteiger partial charge in [0.15, 0.2) is 0 Å². The van der Waals surface area contributed by atoms with Crippen LogP contribution in [-0.2, 0) is 9.59 Å². The van der Waals surface area contributed by atoms with E-state index in [1.54, 1.807) is 6.92 Å². The van der Waals surface area contributed by atoms with Gasteiger partial charge in [0, 0.05) is 0 Å². The molecule has 1 atom stereocenters. The standard InChI is InChI=1S/C16H18N4O6/c1-16(9-3-4-9)14(22)19(15(23)18-16)8-13(21)17-11-6-5-10(26-2)7-12(11)20(24)25/h5-7,9H,3-4,8H2,1-2H3,(H,17,21)(H,18,23)/t16-/m0/s1. The summed E-state index contributed by atoms with van der Waals surface area (Å²) < 4.78 is 4.93. The summed E-state index contributed by atoms with van der Waals surface area (Å²) in [5, 5.41) is 16.2. The molecule has 1 aliphatic carbocycles. The van der Waals surface area contributed by atoms with Gasteiger partial charge in [0.25, 0.3) is 11.6 Å². The van der Waals surface area contributed by atoms with Crippen molar-refractivity contribution in [3.63, 3.8) is 0 Å². The number of ether oxygens (including phenoxy) is 1. The van der Waals surface area contributed by atoms with E-state index in [0.29, 0.717) is 0 Å². The van der Waals surface area contributed by atoms with E-state index < -0.39 is 34.9 Å². The van der Waals surface area contributed by atoms with Gasteiger partial charge in [-0.05, 0) is 37.8 Å². The van der Waals surface area contributed by atoms with E-state index >= 15 is 0 Å². The van der Waals surface area contributed by atoms with Crippen molar-refractivity contribution in [3.8, 4) is 5.75 Å². The molecule has 1 aromatic rings. The van der Waals surface area contributed by atoms with E-state index in [1.807, 2.05) is 0 Å². The molecule has 26 heavy (non-hydrogen) atoms. The number of benzene rings is 1. The molecule has 1 aromatic carbocycles. The average Bonchev–Trinajstić information content (AvgIpc) is 3.41. The van der Waals surface area contributed by atoms with Gasteiger partial charge in [0.05, 0.1) is 18.1 Å². The third-order valence-electron chi connectivity index (χ3n) is 4.67. The number of nitrogens with zero attached hydrogens (tertiary/aromatic N) is 2. The number of nitro benzene ring substituents is 1. The second kappa shape index (κ2) is 6.28. The molecule has 4 amide bonds. The van der Waals surface area contributed by atoms with Crippen LogP contribution in [0.15, 0.2) is 18.2 Å². The third-order valence-corrected chi connectivity index (χ3v) is 4.67. The van der Waals surface area contributed by atoms with Crippen LogP contribution in [0.4, 0.5) is 16.2 Å². The number of carbonyl (C=O) groups is 3. The minimum absolute atomic E-state index is 0.0437. The number of imide groups is 1. The number of methoxy groups -OCH3 is 1. The molecule has 1 saturated carbocycles. The van der Waals surface area contributed by atoms with Gasteiger partial charge in [-0.25, -0.2) is 4.79 Å². The fraction of sp³-hybridized carbons (Fsp3) is 0.438. The molecule has 2 aliphatic rings. The molecule has 3 rings (SSSR count). The number of hydrogen-bond donors (Lipinski definition) is 2. The zero-order valence-electron chi connectivity index (χ0n) is 14.3. The summed E-state index contributed by atoms with van der Waals surface area (Å²) in [6.07, 6.45) is 1.70. The first-order chi connectivity index (χ1) is 12.3. The molecule has 0 radical (unpaired) electrons. The highest BCUT2D eigenvalue weighted by molar-refractivity contribution is 6.10. The van der Waals surface area contributed by atoms with Gasteiger partial charge in [-0.2, -0.15) is 0 Å². The van der Waals surface area contributed by atoms with E-state index in [1.165, 1.54) is 25.3 Å². The van der Waals surface area contributed by atoms with Crippen molar-refractivity contribution >= 4 is 29.2 Å². The average molecular weight is 362 g/mol. The van der Waals surface area contributed by atoms with Gasteiger partial charge in [-0.15, -0.1) is 0 Å². The molecule has 0 unspecified atom stereocenters. The number of hydrogen-bond acceptors (Lipinski definition) is 6. The van der Waals surface area contributed by atoms with Crippen LogP contribution in [0, 0.1) is 16.0 Å². The van der Waals surface area contributed by atoms with Crippen molar-refractivity contribution in [2.24, 2.45) is 5.92 Å². The topological polar surface area (TPSA) is 131 Å². The summed E-state index contributed by atoms with van der Waals surface area (Å²) in [5.74, 6) is -0.815. The third kappa shape index (κ3) is 3.05. The first-order valence-corrected chi connectivity index (χ1v) is 8.02. The van der Waals surface area contributed by atoms with Crippen LogP contribution in [0.3, 0.4) is 0 Å². The number of rotatable bonds is 6. The lowest BCUT2D eigenvalue weighted by atomic mass is 9.96. The molecule has 0 spiro atoms. The van der Waals surface area contributed by atoms with E-state index in [0.717, 1.165) is 17.7 Å². The Morgan fingerprint density at radius 1 is 1.46 bits per heavy atom. The Hall–Kier alpha value is -3.17. The molecule has 1 aliphatic heterocycles. The van der Waals surface area contributed by atoms with E-state index in [-0.39, 0.29) is 23.0 Å². The van der Waals surface area contributed by atoms with Gasteiger partial charge in [0.2, 0.25) is 5.91 Å². The zero-order valence-corrected chi connectivity index (χ0v) is 14.3. The van der Waals surface area contributed by atoms with E-state index in [4.69, 9.17) is 4.74 Å². The highest BCUT2D eigenvalue weighted by Crippen LogP contribution is 2.42. The Morgan fingerprint density at radius 3 is 2.73 bits per heavy atom. The molecular weight excluding hydrogens is 344 g/mol. The van der Waals surface area contributed by atoms with Gasteiger partial charge >= 0.3 is 6.03 Å². The molecule has 1 saturated heterocycles. The van der Waals surface area contributed by atoms with Crippen molar-refractivity contribution < 1.29 is 24.0 Å². The van der Waals surface area contributed by atoms with Crippen LogP contribution in [-0.4, -0.2) is 46.9 Å². The van der Waals surface area contributed by atoms with Crippen LogP contribution >= 0.6 is 0 Å². The lowest BCUT2D eigenvalue weighted by molar-refractivity contribution is -0.384. The maximum Gasteiger partial charge on any atom is 0.325 e. The Balaban J connectivity index is 1.72. The smallest absolute Gasteiger partial charge is 0.325 e. The predicted octanol–water partition coefficient (Wildman–Crippen LogP) is 1.26. The molecule has 2 N–H and O–H groups in total. The summed E-state index contributed by atoms with van der Waals surface area (Å²) in [7, 11) is 1.37. The summed E-state index contributed by atoms with van der Waals surface area (Å²) in [4.78, 5) is 48.2. The fourth-order valence-electron chi connectivity index (χ4n) is 3.03. The number of nitro groups is 1. The second-order valence-corrected chi connectivity index (χ2v) is 6.49. The fourth-order valence-corrected chi connectivity index (χ4v) is 3.03. The summed E-state index contributed by atoms with van der Waals surface area (Å²) in [6.45, 7) is 1.13. The number of urea groups is 1. The van der Waals surface area contributed by atoms with Crippen LogP contribution < -0.4 is 15.4 Å². The Morgan fingerprint density at radius 2 is 2.15 bits per heavy atom. The van der Waals surface area contributed by atoms with Gasteiger partial charge in [-0.3, -0.25) is 24.6 Å². The molecule has 0 aromatic heterocycles. The Kier molecular flexibility index (Phi) is 4.26. The highest BCUT2D eigenvalue weighted by atomic mass is 16.6. The summed E-state index contributed by atoms with van der Waals surface area (Å²) in [5.41, 5.74) is -1.38. The van der Waals surface area contributed by atoms with Crippen LogP contribution in [0.25, 0.3) is 0 Å². The van der Waals surface area contributed by atoms with Gasteiger partial charge in [0.1, 0.15) is 23.5 Å². The first-order valence-electron chi connectivity index (χ1n) is 8.02. The molecule has 10 nitrogen and oxygen atoms in total. The minimum Gasteiger partial charge on any atom is -0.496 e. The SMILES string of the molecule is COc1ccc(NC(=O)CN2C(=O)N[C@@](C)(C3CC3)C2=O)c([N+](=O)[O-])c1. The number of anilines is 1. The Bertz CT molecular complexity index is 806. The first kappa shape index (κ1) is 17.6. The Labute approximate surface area is 148 Å². The monoisotopic (exact) mass is 362 g/mol. The maximum absolute atomic E-state index is 12.5. The van der Waals surface area contributed by atoms with Crippen molar-refractivity contribution in [1.82, 2.24) is 10.2 Å². The highest BCUT2D eigenvalue weighted by Gasteiger charge is 2.56. The van der Waals surface area contributed by atoms with E-state index in [9.17, 15) is 24.5 Å². The van der Waals surface area contributed by atoms with Crippen molar-refractivity contribution in [3.05, 3.63) is 28.3 Å². The predicted molar refractivity (Wildman–Crippen MR) is 89.7 cm³/mol. The molecule has 0 bridgehead atoms. The number of carbonyl (C=O) groups excluding carboxylic acids is 3. The van der Waals surface area contributed by atoms with Gasteiger partial charge < -0.3 is 15.4 Å². The van der Waals surface area contributed by atoms with Crippen LogP contribution in [0.1, 0.15) is 19.8 Å². The number of amides is 4. The van der Waals surface area contributed by atoms with Crippen molar-refractivity contribution in [2.45, 2.75) is 25.3 Å². The second-order valence-electron chi connectivity index (χ2n) is 6.49. The van der Waals surface area contributed by atoms with Gasteiger partial charge in [-0.1, -0.05) is 0 Å². The summed E-state index contributed by atoms with van der Waals surface area (Å²) in [6, 6.07) is 3.33. The van der Waals surface area contributed by atoms with Crippen LogP contribution in [0.2, 0.25) is 0 Å². The largest absolute Gasteiger partial charge is 0.496 e. The lowest BCUT2D eigenvalue weighted by Crippen LogP contribution is -2.46. The molecule has 1 heterocycles. The normalized spacial score (nSPS) is 22.2.